The number of nitrogens with one attached hydrogen (secondary N) is 1. The summed E-state index contributed by atoms with van der Waals surface area (Å²) < 4.78 is 10.8. The molecule has 1 unspecified atom stereocenters. The van der Waals surface area contributed by atoms with Crippen molar-refractivity contribution in [3.05, 3.63) is 65.7 Å². The molecule has 2 N–H and O–H groups in total. The third-order valence-corrected chi connectivity index (χ3v) is 5.12. The number of carbonyl (C=O) groups is 2. The van der Waals surface area contributed by atoms with Crippen LogP contribution in [0.1, 0.15) is 30.6 Å². The van der Waals surface area contributed by atoms with Crippen molar-refractivity contribution in [2.75, 3.05) is 7.11 Å². The molecule has 2 aromatic rings. The fraction of sp³-hybridized carbons (Fsp3) is 0.333. The molecule has 1 aliphatic rings. The Hall–Kier alpha value is -2.86. The van der Waals surface area contributed by atoms with Gasteiger partial charge in [-0.1, -0.05) is 42.5 Å². The third-order valence-electron chi connectivity index (χ3n) is 5.12. The first-order chi connectivity index (χ1) is 13.0. The zero-order chi connectivity index (χ0) is 19.4. The zero-order valence-electron chi connectivity index (χ0n) is 15.3. The fourth-order valence-corrected chi connectivity index (χ4v) is 3.47. The SMILES string of the molecule is COC(=O)[C@@]1(Cc2ccc(OC(C)c3ccccc3)cc2)C[C@@H]1C(=O)NO. The van der Waals surface area contributed by atoms with Gasteiger partial charge in [-0.25, -0.2) is 5.48 Å². The molecule has 1 amide bonds. The van der Waals surface area contributed by atoms with Crippen LogP contribution < -0.4 is 10.2 Å². The summed E-state index contributed by atoms with van der Waals surface area (Å²) >= 11 is 0. The molecule has 0 saturated heterocycles. The molecule has 1 aliphatic carbocycles. The van der Waals surface area contributed by atoms with Crippen LogP contribution in [0.4, 0.5) is 0 Å². The first kappa shape index (κ1) is 18.9. The molecule has 1 fully saturated rings. The highest BCUT2D eigenvalue weighted by Crippen LogP contribution is 2.55. The summed E-state index contributed by atoms with van der Waals surface area (Å²) in [4.78, 5) is 23.9. The smallest absolute Gasteiger partial charge is 0.312 e. The van der Waals surface area contributed by atoms with Crippen molar-refractivity contribution in [1.29, 1.82) is 0 Å². The minimum Gasteiger partial charge on any atom is -0.486 e. The molecule has 6 heteroatoms. The van der Waals surface area contributed by atoms with E-state index >= 15 is 0 Å². The van der Waals surface area contributed by atoms with Crippen LogP contribution >= 0.6 is 0 Å². The molecule has 142 valence electrons. The Bertz CT molecular complexity index is 805. The van der Waals surface area contributed by atoms with Crippen LogP contribution in [0.25, 0.3) is 0 Å². The van der Waals surface area contributed by atoms with E-state index in [4.69, 9.17) is 14.7 Å². The van der Waals surface area contributed by atoms with Crippen LogP contribution in [0.2, 0.25) is 0 Å². The molecule has 0 heterocycles. The number of methoxy groups -OCH3 is 1. The maximum Gasteiger partial charge on any atom is 0.312 e. The Morgan fingerprint density at radius 1 is 1.19 bits per heavy atom. The predicted octanol–water partition coefficient (Wildman–Crippen LogP) is 3.05. The highest BCUT2D eigenvalue weighted by Gasteiger charge is 2.64. The van der Waals surface area contributed by atoms with E-state index in [1.54, 1.807) is 5.48 Å². The van der Waals surface area contributed by atoms with Crippen molar-refractivity contribution in [3.63, 3.8) is 0 Å². The highest BCUT2D eigenvalue weighted by atomic mass is 16.5. The molecule has 0 bridgehead atoms. The van der Waals surface area contributed by atoms with Crippen LogP contribution in [0.3, 0.4) is 0 Å². The standard InChI is InChI=1S/C21H23NO5/c1-14(16-6-4-3-5-7-16)27-17-10-8-15(9-11-17)12-21(20(24)26-2)13-18(21)19(23)22-25/h3-11,14,18,25H,12-13H2,1-2H3,(H,22,23)/t14?,18-,21+/m1/s1. The molecule has 6 nitrogen and oxygen atoms in total. The fourth-order valence-electron chi connectivity index (χ4n) is 3.47. The van der Waals surface area contributed by atoms with Gasteiger partial charge in [-0.15, -0.1) is 0 Å². The summed E-state index contributed by atoms with van der Waals surface area (Å²) in [6.45, 7) is 1.98. The van der Waals surface area contributed by atoms with Crippen LogP contribution in [-0.4, -0.2) is 24.2 Å². The molecule has 0 spiro atoms. The zero-order valence-corrected chi connectivity index (χ0v) is 15.3. The number of esters is 1. The minimum absolute atomic E-state index is 0.0838. The largest absolute Gasteiger partial charge is 0.486 e. The van der Waals surface area contributed by atoms with Crippen molar-refractivity contribution in [2.45, 2.75) is 25.9 Å². The molecule has 0 radical (unpaired) electrons. The summed E-state index contributed by atoms with van der Waals surface area (Å²) in [5.41, 5.74) is 2.69. The van der Waals surface area contributed by atoms with E-state index in [2.05, 4.69) is 0 Å². The third kappa shape index (κ3) is 3.95. The summed E-state index contributed by atoms with van der Waals surface area (Å²) in [5.74, 6) is -0.849. The first-order valence-electron chi connectivity index (χ1n) is 8.83. The number of amides is 1. The second-order valence-electron chi connectivity index (χ2n) is 6.87. The maximum absolute atomic E-state index is 12.2. The van der Waals surface area contributed by atoms with Crippen molar-refractivity contribution in [3.8, 4) is 5.75 Å². The van der Waals surface area contributed by atoms with Gasteiger partial charge in [0.2, 0.25) is 5.91 Å². The van der Waals surface area contributed by atoms with Gasteiger partial charge in [-0.2, -0.15) is 0 Å². The number of benzene rings is 2. The van der Waals surface area contributed by atoms with E-state index in [1.807, 2.05) is 61.5 Å². The van der Waals surface area contributed by atoms with E-state index in [1.165, 1.54) is 7.11 Å². The summed E-state index contributed by atoms with van der Waals surface area (Å²) in [5, 5.41) is 8.84. The second-order valence-corrected chi connectivity index (χ2v) is 6.87. The van der Waals surface area contributed by atoms with Crippen LogP contribution in [0.5, 0.6) is 5.75 Å². The number of hydrogen-bond donors (Lipinski definition) is 2. The highest BCUT2D eigenvalue weighted by molar-refractivity contribution is 5.93. The normalized spacial score (nSPS) is 21.8. The van der Waals surface area contributed by atoms with Crippen molar-refractivity contribution in [2.24, 2.45) is 11.3 Å². The van der Waals surface area contributed by atoms with E-state index in [-0.39, 0.29) is 6.10 Å². The molecule has 3 rings (SSSR count). The second kappa shape index (κ2) is 7.80. The Morgan fingerprint density at radius 3 is 2.44 bits per heavy atom. The molecule has 0 aromatic heterocycles. The monoisotopic (exact) mass is 369 g/mol. The predicted molar refractivity (Wildman–Crippen MR) is 98.1 cm³/mol. The Morgan fingerprint density at radius 2 is 1.85 bits per heavy atom. The quantitative estimate of drug-likeness (QED) is 0.445. The van der Waals surface area contributed by atoms with Gasteiger partial charge in [0.05, 0.1) is 18.4 Å². The summed E-state index contributed by atoms with van der Waals surface area (Å²) in [6, 6.07) is 17.4. The molecule has 1 saturated carbocycles. The summed E-state index contributed by atoms with van der Waals surface area (Å²) in [7, 11) is 1.30. The number of rotatable bonds is 7. The lowest BCUT2D eigenvalue weighted by atomic mass is 9.93. The average molecular weight is 369 g/mol. The van der Waals surface area contributed by atoms with E-state index in [0.29, 0.717) is 12.8 Å². The lowest BCUT2D eigenvalue weighted by Crippen LogP contribution is -2.30. The molecule has 2 aromatic carbocycles. The summed E-state index contributed by atoms with van der Waals surface area (Å²) in [6.07, 6.45) is 0.640. The Kier molecular flexibility index (Phi) is 5.46. The van der Waals surface area contributed by atoms with Crippen molar-refractivity contribution < 1.29 is 24.3 Å². The van der Waals surface area contributed by atoms with Gasteiger partial charge < -0.3 is 9.47 Å². The van der Waals surface area contributed by atoms with Gasteiger partial charge in [0.25, 0.3) is 0 Å². The van der Waals surface area contributed by atoms with E-state index in [9.17, 15) is 9.59 Å². The Balaban J connectivity index is 1.68. The van der Waals surface area contributed by atoms with Gasteiger partial charge in [-0.05, 0) is 43.0 Å². The number of carbonyl (C=O) groups excluding carboxylic acids is 2. The van der Waals surface area contributed by atoms with Gasteiger partial charge in [-0.3, -0.25) is 14.8 Å². The Labute approximate surface area is 158 Å². The van der Waals surface area contributed by atoms with Crippen molar-refractivity contribution >= 4 is 11.9 Å². The molecule has 27 heavy (non-hydrogen) atoms. The molecular weight excluding hydrogens is 346 g/mol. The van der Waals surface area contributed by atoms with Gasteiger partial charge in [0, 0.05) is 0 Å². The number of ether oxygens (including phenoxy) is 2. The van der Waals surface area contributed by atoms with Crippen LogP contribution in [-0.2, 0) is 20.7 Å². The van der Waals surface area contributed by atoms with E-state index < -0.39 is 23.2 Å². The average Bonchev–Trinajstić information content (AvgIpc) is 3.44. The first-order valence-corrected chi connectivity index (χ1v) is 8.83. The lowest BCUT2D eigenvalue weighted by molar-refractivity contribution is -0.149. The van der Waals surface area contributed by atoms with Gasteiger partial charge in [0.15, 0.2) is 0 Å². The lowest BCUT2D eigenvalue weighted by Gasteiger charge is -2.17. The number of hydroxylamine groups is 1. The van der Waals surface area contributed by atoms with E-state index in [0.717, 1.165) is 16.9 Å². The van der Waals surface area contributed by atoms with Gasteiger partial charge >= 0.3 is 5.97 Å². The van der Waals surface area contributed by atoms with Gasteiger partial charge in [0.1, 0.15) is 11.9 Å². The van der Waals surface area contributed by atoms with Crippen LogP contribution in [0.15, 0.2) is 54.6 Å². The molecular formula is C21H23NO5. The van der Waals surface area contributed by atoms with Crippen LogP contribution in [0, 0.1) is 11.3 Å². The molecule has 3 atom stereocenters. The molecule has 0 aliphatic heterocycles. The number of hydrogen-bond acceptors (Lipinski definition) is 5. The maximum atomic E-state index is 12.2. The van der Waals surface area contributed by atoms with Crippen molar-refractivity contribution in [1.82, 2.24) is 5.48 Å². The minimum atomic E-state index is -0.915. The topological polar surface area (TPSA) is 84.9 Å².